The van der Waals surface area contributed by atoms with Crippen LogP contribution in [0.3, 0.4) is 0 Å². The summed E-state index contributed by atoms with van der Waals surface area (Å²) in [4.78, 5) is 13.2. The van der Waals surface area contributed by atoms with E-state index in [0.717, 1.165) is 17.0 Å². The Balaban J connectivity index is 1.88. The molecule has 0 unspecified atom stereocenters. The van der Waals surface area contributed by atoms with Crippen molar-refractivity contribution in [2.24, 2.45) is 0 Å². The first-order valence-corrected chi connectivity index (χ1v) is 6.80. The summed E-state index contributed by atoms with van der Waals surface area (Å²) in [6, 6.07) is 11.3. The second-order valence-corrected chi connectivity index (χ2v) is 5.04. The van der Waals surface area contributed by atoms with Gasteiger partial charge in [-0.15, -0.1) is 0 Å². The van der Waals surface area contributed by atoms with Crippen LogP contribution in [-0.4, -0.2) is 30.0 Å². The molecule has 1 aromatic heterocycles. The molecule has 2 N–H and O–H groups in total. The van der Waals surface area contributed by atoms with Crippen molar-refractivity contribution in [3.8, 4) is 0 Å². The average Bonchev–Trinajstić information content (AvgIpc) is 2.94. The number of carbonyl (C=O) groups is 1. The highest BCUT2D eigenvalue weighted by Crippen LogP contribution is 2.14. The van der Waals surface area contributed by atoms with Crippen LogP contribution >= 0.6 is 0 Å². The van der Waals surface area contributed by atoms with Gasteiger partial charge in [0.15, 0.2) is 0 Å². The number of carbonyl (C=O) groups excluding carboxylic acids is 1. The SMILES string of the molecule is CN(C)C(=O)Cc1ccc(NCc2ccc(CO)o2)cc1. The van der Waals surface area contributed by atoms with E-state index in [4.69, 9.17) is 9.52 Å². The van der Waals surface area contributed by atoms with Crippen LogP contribution in [0.4, 0.5) is 5.69 Å². The molecule has 21 heavy (non-hydrogen) atoms. The van der Waals surface area contributed by atoms with Gasteiger partial charge in [-0.25, -0.2) is 0 Å². The Kier molecular flexibility index (Phi) is 5.00. The Morgan fingerprint density at radius 3 is 2.38 bits per heavy atom. The Morgan fingerprint density at radius 1 is 1.14 bits per heavy atom. The summed E-state index contributed by atoms with van der Waals surface area (Å²) < 4.78 is 5.39. The summed E-state index contributed by atoms with van der Waals surface area (Å²) in [5.41, 5.74) is 1.94. The number of aliphatic hydroxyl groups is 1. The Labute approximate surface area is 124 Å². The molecule has 5 nitrogen and oxygen atoms in total. The standard InChI is InChI=1S/C16H20N2O3/c1-18(2)16(20)9-12-3-5-13(6-4-12)17-10-14-7-8-15(11-19)21-14/h3-8,17,19H,9-11H2,1-2H3. The first kappa shape index (κ1) is 15.1. The molecule has 2 rings (SSSR count). The molecule has 0 aliphatic heterocycles. The minimum absolute atomic E-state index is 0.0860. The molecule has 0 atom stereocenters. The average molecular weight is 288 g/mol. The van der Waals surface area contributed by atoms with Crippen molar-refractivity contribution < 1.29 is 14.3 Å². The van der Waals surface area contributed by atoms with Crippen LogP contribution in [-0.2, 0) is 24.4 Å². The van der Waals surface area contributed by atoms with Crippen LogP contribution in [0.1, 0.15) is 17.1 Å². The van der Waals surface area contributed by atoms with E-state index in [1.165, 1.54) is 0 Å². The Bertz CT molecular complexity index is 588. The lowest BCUT2D eigenvalue weighted by Crippen LogP contribution is -2.23. The highest BCUT2D eigenvalue weighted by atomic mass is 16.4. The van der Waals surface area contributed by atoms with Crippen molar-refractivity contribution in [1.29, 1.82) is 0 Å². The van der Waals surface area contributed by atoms with Gasteiger partial charge in [0, 0.05) is 19.8 Å². The van der Waals surface area contributed by atoms with Gasteiger partial charge in [-0.3, -0.25) is 4.79 Å². The van der Waals surface area contributed by atoms with Crippen LogP contribution in [0.2, 0.25) is 0 Å². The number of hydrogen-bond acceptors (Lipinski definition) is 4. The quantitative estimate of drug-likeness (QED) is 0.853. The number of amides is 1. The number of likely N-dealkylation sites (N-methyl/N-ethyl adjacent to an activating group) is 1. The topological polar surface area (TPSA) is 65.7 Å². The Hall–Kier alpha value is -2.27. The molecule has 0 fully saturated rings. The van der Waals surface area contributed by atoms with E-state index in [9.17, 15) is 4.79 Å². The number of anilines is 1. The van der Waals surface area contributed by atoms with E-state index >= 15 is 0 Å². The number of rotatable bonds is 6. The molecule has 1 amide bonds. The van der Waals surface area contributed by atoms with Gasteiger partial charge in [0.2, 0.25) is 5.91 Å². The minimum atomic E-state index is -0.0887. The van der Waals surface area contributed by atoms with Crippen LogP contribution in [0.25, 0.3) is 0 Å². The van der Waals surface area contributed by atoms with Crippen LogP contribution in [0.5, 0.6) is 0 Å². The van der Waals surface area contributed by atoms with Crippen molar-refractivity contribution in [2.45, 2.75) is 19.6 Å². The summed E-state index contributed by atoms with van der Waals surface area (Å²) in [6.07, 6.45) is 0.408. The molecule has 0 bridgehead atoms. The zero-order valence-corrected chi connectivity index (χ0v) is 12.3. The molecule has 1 aromatic carbocycles. The molecule has 0 saturated heterocycles. The first-order valence-electron chi connectivity index (χ1n) is 6.80. The predicted molar refractivity (Wildman–Crippen MR) is 80.8 cm³/mol. The molecule has 2 aromatic rings. The molecule has 0 saturated carbocycles. The molecular weight excluding hydrogens is 268 g/mol. The van der Waals surface area contributed by atoms with Crippen LogP contribution in [0.15, 0.2) is 40.8 Å². The molecule has 1 heterocycles. The zero-order valence-electron chi connectivity index (χ0n) is 12.3. The van der Waals surface area contributed by atoms with Crippen molar-refractivity contribution in [3.63, 3.8) is 0 Å². The van der Waals surface area contributed by atoms with Gasteiger partial charge in [-0.05, 0) is 29.8 Å². The number of hydrogen-bond donors (Lipinski definition) is 2. The maximum atomic E-state index is 11.6. The first-order chi connectivity index (χ1) is 10.1. The number of aliphatic hydroxyl groups excluding tert-OH is 1. The van der Waals surface area contributed by atoms with E-state index in [2.05, 4.69) is 5.32 Å². The third-order valence-electron chi connectivity index (χ3n) is 3.15. The smallest absolute Gasteiger partial charge is 0.226 e. The lowest BCUT2D eigenvalue weighted by atomic mass is 10.1. The lowest BCUT2D eigenvalue weighted by molar-refractivity contribution is -0.127. The maximum absolute atomic E-state index is 11.6. The van der Waals surface area contributed by atoms with Gasteiger partial charge in [-0.2, -0.15) is 0 Å². The van der Waals surface area contributed by atoms with Gasteiger partial charge < -0.3 is 19.7 Å². The molecule has 112 valence electrons. The van der Waals surface area contributed by atoms with Crippen molar-refractivity contribution in [2.75, 3.05) is 19.4 Å². The zero-order chi connectivity index (χ0) is 15.2. The van der Waals surface area contributed by atoms with Crippen LogP contribution in [0, 0.1) is 0 Å². The monoisotopic (exact) mass is 288 g/mol. The minimum Gasteiger partial charge on any atom is -0.462 e. The second kappa shape index (κ2) is 6.95. The van der Waals surface area contributed by atoms with Crippen molar-refractivity contribution >= 4 is 11.6 Å². The molecule has 0 aliphatic rings. The fraction of sp³-hybridized carbons (Fsp3) is 0.312. The molecule has 0 spiro atoms. The van der Waals surface area contributed by atoms with E-state index in [1.54, 1.807) is 25.1 Å². The highest BCUT2D eigenvalue weighted by molar-refractivity contribution is 5.78. The van der Waals surface area contributed by atoms with Crippen LogP contribution < -0.4 is 5.32 Å². The second-order valence-electron chi connectivity index (χ2n) is 5.04. The maximum Gasteiger partial charge on any atom is 0.226 e. The van der Waals surface area contributed by atoms with E-state index in [1.807, 2.05) is 30.3 Å². The number of nitrogens with one attached hydrogen (secondary N) is 1. The van der Waals surface area contributed by atoms with Crippen molar-refractivity contribution in [1.82, 2.24) is 4.90 Å². The predicted octanol–water partition coefficient (Wildman–Crippen LogP) is 2.01. The fourth-order valence-corrected chi connectivity index (χ4v) is 1.86. The van der Waals surface area contributed by atoms with Gasteiger partial charge in [0.1, 0.15) is 18.1 Å². The number of nitrogens with zero attached hydrogens (tertiary/aromatic N) is 1. The summed E-state index contributed by atoms with van der Waals surface area (Å²) in [7, 11) is 3.50. The van der Waals surface area contributed by atoms with E-state index < -0.39 is 0 Å². The van der Waals surface area contributed by atoms with E-state index in [0.29, 0.717) is 18.7 Å². The number of benzene rings is 1. The lowest BCUT2D eigenvalue weighted by Gasteiger charge is -2.10. The summed E-state index contributed by atoms with van der Waals surface area (Å²) in [5.74, 6) is 1.41. The highest BCUT2D eigenvalue weighted by Gasteiger charge is 2.05. The summed E-state index contributed by atoms with van der Waals surface area (Å²) in [6.45, 7) is 0.463. The normalized spacial score (nSPS) is 10.4. The molecular formula is C16H20N2O3. The number of furan rings is 1. The van der Waals surface area contributed by atoms with Gasteiger partial charge in [0.25, 0.3) is 0 Å². The third-order valence-corrected chi connectivity index (χ3v) is 3.15. The summed E-state index contributed by atoms with van der Waals surface area (Å²) in [5, 5.41) is 12.2. The molecule has 0 aliphatic carbocycles. The van der Waals surface area contributed by atoms with Gasteiger partial charge >= 0.3 is 0 Å². The van der Waals surface area contributed by atoms with E-state index in [-0.39, 0.29) is 12.5 Å². The molecule has 0 radical (unpaired) electrons. The largest absolute Gasteiger partial charge is 0.462 e. The van der Waals surface area contributed by atoms with Gasteiger partial charge in [-0.1, -0.05) is 12.1 Å². The summed E-state index contributed by atoms with van der Waals surface area (Å²) >= 11 is 0. The Morgan fingerprint density at radius 2 is 1.81 bits per heavy atom. The van der Waals surface area contributed by atoms with Gasteiger partial charge in [0.05, 0.1) is 13.0 Å². The van der Waals surface area contributed by atoms with Crippen molar-refractivity contribution in [3.05, 3.63) is 53.5 Å². The fourth-order valence-electron chi connectivity index (χ4n) is 1.86. The molecule has 5 heteroatoms. The third kappa shape index (κ3) is 4.36.